The third-order valence-electron chi connectivity index (χ3n) is 5.46. The van der Waals surface area contributed by atoms with Gasteiger partial charge in [0.15, 0.2) is 0 Å². The Morgan fingerprint density at radius 2 is 1.83 bits per heavy atom. The minimum atomic E-state index is -0.0210. The van der Waals surface area contributed by atoms with Crippen molar-refractivity contribution in [3.63, 3.8) is 0 Å². The number of urea groups is 1. The summed E-state index contributed by atoms with van der Waals surface area (Å²) >= 11 is 0. The van der Waals surface area contributed by atoms with E-state index < -0.39 is 0 Å². The SMILES string of the molecule is CC1CCN(CCNC(=O)NCC(C)N2CCCC(C)C2)CC1. The number of likely N-dealkylation sites (tertiary alicyclic amines) is 2. The van der Waals surface area contributed by atoms with Gasteiger partial charge in [-0.25, -0.2) is 4.79 Å². The van der Waals surface area contributed by atoms with Crippen LogP contribution in [0.15, 0.2) is 0 Å². The smallest absolute Gasteiger partial charge is 0.314 e. The van der Waals surface area contributed by atoms with Crippen LogP contribution in [0.2, 0.25) is 0 Å². The fourth-order valence-electron chi connectivity index (χ4n) is 3.67. The second-order valence-electron chi connectivity index (χ2n) is 7.75. The molecule has 2 heterocycles. The molecule has 2 rings (SSSR count). The van der Waals surface area contributed by atoms with Gasteiger partial charge in [-0.3, -0.25) is 4.90 Å². The zero-order valence-electron chi connectivity index (χ0n) is 15.3. The molecule has 5 nitrogen and oxygen atoms in total. The fraction of sp³-hybridized carbons (Fsp3) is 0.944. The van der Waals surface area contributed by atoms with Crippen LogP contribution in [-0.2, 0) is 0 Å². The van der Waals surface area contributed by atoms with E-state index in [9.17, 15) is 4.79 Å². The summed E-state index contributed by atoms with van der Waals surface area (Å²) in [6.45, 7) is 14.0. The van der Waals surface area contributed by atoms with E-state index in [4.69, 9.17) is 0 Å². The fourth-order valence-corrected chi connectivity index (χ4v) is 3.67. The lowest BCUT2D eigenvalue weighted by atomic mass is 9.99. The first-order valence-corrected chi connectivity index (χ1v) is 9.52. The van der Waals surface area contributed by atoms with E-state index in [1.807, 2.05) is 0 Å². The summed E-state index contributed by atoms with van der Waals surface area (Å²) in [7, 11) is 0. The van der Waals surface area contributed by atoms with Crippen molar-refractivity contribution in [3.05, 3.63) is 0 Å². The lowest BCUT2D eigenvalue weighted by Gasteiger charge is -2.35. The van der Waals surface area contributed by atoms with Crippen LogP contribution in [0.3, 0.4) is 0 Å². The van der Waals surface area contributed by atoms with Gasteiger partial charge in [-0.2, -0.15) is 0 Å². The van der Waals surface area contributed by atoms with Gasteiger partial charge in [0.25, 0.3) is 0 Å². The van der Waals surface area contributed by atoms with Crippen molar-refractivity contribution in [3.8, 4) is 0 Å². The number of hydrogen-bond acceptors (Lipinski definition) is 3. The molecule has 0 aromatic carbocycles. The largest absolute Gasteiger partial charge is 0.337 e. The highest BCUT2D eigenvalue weighted by Gasteiger charge is 2.21. The van der Waals surface area contributed by atoms with Crippen molar-refractivity contribution >= 4 is 6.03 Å². The molecule has 2 N–H and O–H groups in total. The standard InChI is InChI=1S/C18H36N4O/c1-15-6-10-21(11-7-15)12-8-19-18(23)20-13-17(3)22-9-4-5-16(2)14-22/h15-17H,4-14H2,1-3H3,(H2,19,20,23). The second kappa shape index (κ2) is 9.48. The van der Waals surface area contributed by atoms with Gasteiger partial charge in [0.2, 0.25) is 0 Å². The molecule has 2 aliphatic heterocycles. The normalized spacial score (nSPS) is 26.0. The van der Waals surface area contributed by atoms with Gasteiger partial charge in [-0.05, 0) is 64.1 Å². The summed E-state index contributed by atoms with van der Waals surface area (Å²) in [6.07, 6.45) is 5.20. The van der Waals surface area contributed by atoms with E-state index in [1.54, 1.807) is 0 Å². The van der Waals surface area contributed by atoms with Crippen LogP contribution in [0.5, 0.6) is 0 Å². The van der Waals surface area contributed by atoms with E-state index in [0.717, 1.165) is 38.0 Å². The molecule has 0 aliphatic carbocycles. The van der Waals surface area contributed by atoms with Crippen molar-refractivity contribution in [2.24, 2.45) is 11.8 Å². The molecule has 0 bridgehead atoms. The minimum Gasteiger partial charge on any atom is -0.337 e. The van der Waals surface area contributed by atoms with Crippen LogP contribution in [0, 0.1) is 11.8 Å². The topological polar surface area (TPSA) is 47.6 Å². The zero-order chi connectivity index (χ0) is 16.7. The summed E-state index contributed by atoms with van der Waals surface area (Å²) in [4.78, 5) is 16.9. The van der Waals surface area contributed by atoms with Gasteiger partial charge < -0.3 is 15.5 Å². The van der Waals surface area contributed by atoms with E-state index in [2.05, 4.69) is 41.2 Å². The van der Waals surface area contributed by atoms with Crippen LogP contribution in [-0.4, -0.2) is 67.7 Å². The average Bonchev–Trinajstić information content (AvgIpc) is 2.54. The molecule has 2 aliphatic rings. The van der Waals surface area contributed by atoms with Gasteiger partial charge in [-0.15, -0.1) is 0 Å². The van der Waals surface area contributed by atoms with Gasteiger partial charge in [0, 0.05) is 32.2 Å². The first-order valence-electron chi connectivity index (χ1n) is 9.52. The highest BCUT2D eigenvalue weighted by atomic mass is 16.2. The van der Waals surface area contributed by atoms with Crippen LogP contribution < -0.4 is 10.6 Å². The first-order chi connectivity index (χ1) is 11.0. The average molecular weight is 325 g/mol. The van der Waals surface area contributed by atoms with E-state index in [-0.39, 0.29) is 6.03 Å². The molecule has 2 saturated heterocycles. The number of rotatable bonds is 6. The van der Waals surface area contributed by atoms with E-state index in [0.29, 0.717) is 6.04 Å². The Balaban J connectivity index is 1.54. The Bertz CT molecular complexity index is 355. The minimum absolute atomic E-state index is 0.0210. The molecule has 2 unspecified atom stereocenters. The molecule has 2 atom stereocenters. The third-order valence-corrected chi connectivity index (χ3v) is 5.46. The molecule has 2 fully saturated rings. The Labute approximate surface area is 142 Å². The zero-order valence-corrected chi connectivity index (χ0v) is 15.3. The maximum Gasteiger partial charge on any atom is 0.314 e. The Morgan fingerprint density at radius 1 is 1.09 bits per heavy atom. The van der Waals surface area contributed by atoms with Crippen molar-refractivity contribution in [2.45, 2.75) is 52.5 Å². The van der Waals surface area contributed by atoms with Gasteiger partial charge in [0.1, 0.15) is 0 Å². The first kappa shape index (κ1) is 18.5. The highest BCUT2D eigenvalue weighted by molar-refractivity contribution is 5.73. The number of carbonyl (C=O) groups excluding carboxylic acids is 1. The molecule has 0 spiro atoms. The van der Waals surface area contributed by atoms with Crippen molar-refractivity contribution in [1.82, 2.24) is 20.4 Å². The molecule has 0 aromatic heterocycles. The Morgan fingerprint density at radius 3 is 2.52 bits per heavy atom. The van der Waals surface area contributed by atoms with Crippen molar-refractivity contribution in [1.29, 1.82) is 0 Å². The predicted octanol–water partition coefficient (Wildman–Crippen LogP) is 2.14. The molecule has 0 saturated carbocycles. The molecule has 0 radical (unpaired) electrons. The maximum atomic E-state index is 11.9. The monoisotopic (exact) mass is 324 g/mol. The van der Waals surface area contributed by atoms with Crippen molar-refractivity contribution in [2.75, 3.05) is 45.8 Å². The number of piperidine rings is 2. The summed E-state index contributed by atoms with van der Waals surface area (Å²) in [5, 5.41) is 6.03. The lowest BCUT2D eigenvalue weighted by molar-refractivity contribution is 0.137. The molecule has 134 valence electrons. The molecule has 5 heteroatoms. The van der Waals surface area contributed by atoms with Crippen LogP contribution >= 0.6 is 0 Å². The molecular weight excluding hydrogens is 288 g/mol. The number of carbonyl (C=O) groups is 1. The Kier molecular flexibility index (Phi) is 7.63. The van der Waals surface area contributed by atoms with Gasteiger partial charge >= 0.3 is 6.03 Å². The summed E-state index contributed by atoms with van der Waals surface area (Å²) < 4.78 is 0. The van der Waals surface area contributed by atoms with E-state index in [1.165, 1.54) is 45.3 Å². The lowest BCUT2D eigenvalue weighted by Crippen LogP contribution is -2.49. The molecular formula is C18H36N4O. The quantitative estimate of drug-likeness (QED) is 0.787. The second-order valence-corrected chi connectivity index (χ2v) is 7.75. The predicted molar refractivity (Wildman–Crippen MR) is 95.7 cm³/mol. The summed E-state index contributed by atoms with van der Waals surface area (Å²) in [6, 6.07) is 0.402. The number of hydrogen-bond donors (Lipinski definition) is 2. The van der Waals surface area contributed by atoms with Gasteiger partial charge in [0.05, 0.1) is 0 Å². The molecule has 23 heavy (non-hydrogen) atoms. The number of nitrogens with one attached hydrogen (secondary N) is 2. The summed E-state index contributed by atoms with van der Waals surface area (Å²) in [5.41, 5.74) is 0. The number of amides is 2. The van der Waals surface area contributed by atoms with Crippen LogP contribution in [0.1, 0.15) is 46.5 Å². The van der Waals surface area contributed by atoms with Crippen molar-refractivity contribution < 1.29 is 4.79 Å². The maximum absolute atomic E-state index is 11.9. The van der Waals surface area contributed by atoms with Crippen LogP contribution in [0.25, 0.3) is 0 Å². The van der Waals surface area contributed by atoms with Crippen LogP contribution in [0.4, 0.5) is 4.79 Å². The Hall–Kier alpha value is -0.810. The molecule has 2 amide bonds. The number of nitrogens with zero attached hydrogens (tertiary/aromatic N) is 2. The highest BCUT2D eigenvalue weighted by Crippen LogP contribution is 2.17. The molecule has 0 aromatic rings. The summed E-state index contributed by atoms with van der Waals surface area (Å²) in [5.74, 6) is 1.65. The third kappa shape index (κ3) is 6.68. The van der Waals surface area contributed by atoms with Gasteiger partial charge in [-0.1, -0.05) is 13.8 Å². The van der Waals surface area contributed by atoms with E-state index >= 15 is 0 Å².